The summed E-state index contributed by atoms with van der Waals surface area (Å²) >= 11 is 5.68. The first-order valence-electron chi connectivity index (χ1n) is 6.13. The van der Waals surface area contributed by atoms with E-state index in [2.05, 4.69) is 0 Å². The molecular formula is C13H14ClF4N. The molecule has 0 unspecified atom stereocenters. The van der Waals surface area contributed by atoms with Crippen molar-refractivity contribution >= 4 is 17.3 Å². The summed E-state index contributed by atoms with van der Waals surface area (Å²) in [7, 11) is 0. The van der Waals surface area contributed by atoms with Gasteiger partial charge in [0.25, 0.3) is 0 Å². The highest BCUT2D eigenvalue weighted by atomic mass is 35.5. The molecule has 0 N–H and O–H groups in total. The van der Waals surface area contributed by atoms with Crippen LogP contribution in [0.1, 0.15) is 24.8 Å². The molecule has 0 atom stereocenters. The Morgan fingerprint density at radius 3 is 2.37 bits per heavy atom. The van der Waals surface area contributed by atoms with Crippen LogP contribution in [-0.4, -0.2) is 18.5 Å². The molecule has 0 aromatic heterocycles. The first kappa shape index (κ1) is 14.4. The zero-order chi connectivity index (χ0) is 14.0. The summed E-state index contributed by atoms with van der Waals surface area (Å²) < 4.78 is 51.3. The molecule has 0 heterocycles. The Morgan fingerprint density at radius 2 is 1.95 bits per heavy atom. The largest absolute Gasteiger partial charge is 0.416 e. The minimum Gasteiger partial charge on any atom is -0.365 e. The maximum Gasteiger partial charge on any atom is 0.416 e. The molecule has 106 valence electrons. The lowest BCUT2D eigenvalue weighted by Crippen LogP contribution is -2.42. The van der Waals surface area contributed by atoms with Gasteiger partial charge in [-0.25, -0.2) is 4.39 Å². The van der Waals surface area contributed by atoms with Gasteiger partial charge in [0.1, 0.15) is 5.82 Å². The van der Waals surface area contributed by atoms with Gasteiger partial charge in [0, 0.05) is 18.5 Å². The average Bonchev–Trinajstić information content (AvgIpc) is 2.24. The molecule has 2 rings (SSSR count). The lowest BCUT2D eigenvalue weighted by molar-refractivity contribution is -0.137. The van der Waals surface area contributed by atoms with Crippen LogP contribution in [0, 0.1) is 5.82 Å². The van der Waals surface area contributed by atoms with Crippen molar-refractivity contribution in [1.29, 1.82) is 0 Å². The topological polar surface area (TPSA) is 3.24 Å². The van der Waals surface area contributed by atoms with Gasteiger partial charge in [-0.05, 0) is 37.5 Å². The maximum absolute atomic E-state index is 13.9. The predicted octanol–water partition coefficient (Wildman–Crippen LogP) is 4.44. The molecule has 1 nitrogen and oxygen atoms in total. The highest BCUT2D eigenvalue weighted by Crippen LogP contribution is 2.35. The second kappa shape index (κ2) is 5.57. The zero-order valence-electron chi connectivity index (χ0n) is 10.2. The standard InChI is InChI=1S/C13H14ClF4N/c14-6-7-19(10-2-1-3-10)12-5-4-9(8-11(12)15)13(16,17)18/h4-5,8,10H,1-3,6-7H2. The van der Waals surface area contributed by atoms with Crippen LogP contribution >= 0.6 is 11.6 Å². The fraction of sp³-hybridized carbons (Fsp3) is 0.538. The fourth-order valence-electron chi connectivity index (χ4n) is 2.21. The number of hydrogen-bond donors (Lipinski definition) is 0. The van der Waals surface area contributed by atoms with Gasteiger partial charge in [0.05, 0.1) is 11.3 Å². The van der Waals surface area contributed by atoms with Gasteiger partial charge in [0.2, 0.25) is 0 Å². The molecule has 1 saturated carbocycles. The zero-order valence-corrected chi connectivity index (χ0v) is 10.9. The second-order valence-electron chi connectivity index (χ2n) is 4.63. The van der Waals surface area contributed by atoms with Crippen LogP contribution in [0.3, 0.4) is 0 Å². The van der Waals surface area contributed by atoms with Crippen LogP contribution < -0.4 is 4.90 Å². The van der Waals surface area contributed by atoms with E-state index in [4.69, 9.17) is 11.6 Å². The molecule has 1 aliphatic rings. The van der Waals surface area contributed by atoms with E-state index in [0.717, 1.165) is 25.3 Å². The third-order valence-corrected chi connectivity index (χ3v) is 3.59. The fourth-order valence-corrected chi connectivity index (χ4v) is 2.39. The molecule has 1 fully saturated rings. The summed E-state index contributed by atoms with van der Waals surface area (Å²) in [6.07, 6.45) is -1.60. The van der Waals surface area contributed by atoms with Crippen LogP contribution in [-0.2, 0) is 6.18 Å². The SMILES string of the molecule is Fc1cc(C(F)(F)F)ccc1N(CCCl)C1CCC1. The first-order chi connectivity index (χ1) is 8.93. The van der Waals surface area contributed by atoms with E-state index >= 15 is 0 Å². The summed E-state index contributed by atoms with van der Waals surface area (Å²) in [6, 6.07) is 2.85. The van der Waals surface area contributed by atoms with Crippen LogP contribution in [0.4, 0.5) is 23.2 Å². The summed E-state index contributed by atoms with van der Waals surface area (Å²) in [5.74, 6) is -0.524. The van der Waals surface area contributed by atoms with Crippen molar-refractivity contribution in [2.45, 2.75) is 31.5 Å². The van der Waals surface area contributed by atoms with Crippen LogP contribution in [0.5, 0.6) is 0 Å². The Balaban J connectivity index is 2.27. The molecule has 0 radical (unpaired) electrons. The maximum atomic E-state index is 13.9. The molecule has 6 heteroatoms. The number of nitrogens with zero attached hydrogens (tertiary/aromatic N) is 1. The molecular weight excluding hydrogens is 282 g/mol. The van der Waals surface area contributed by atoms with E-state index < -0.39 is 17.6 Å². The Morgan fingerprint density at radius 1 is 1.26 bits per heavy atom. The van der Waals surface area contributed by atoms with E-state index in [-0.39, 0.29) is 11.7 Å². The van der Waals surface area contributed by atoms with Gasteiger partial charge in [-0.15, -0.1) is 11.6 Å². The number of anilines is 1. The molecule has 0 bridgehead atoms. The van der Waals surface area contributed by atoms with Gasteiger partial charge in [-0.3, -0.25) is 0 Å². The minimum atomic E-state index is -4.52. The van der Waals surface area contributed by atoms with E-state index in [9.17, 15) is 17.6 Å². The molecule has 0 aliphatic heterocycles. The number of benzene rings is 1. The van der Waals surface area contributed by atoms with Crippen molar-refractivity contribution in [2.75, 3.05) is 17.3 Å². The number of rotatable bonds is 4. The summed E-state index contributed by atoms with van der Waals surface area (Å²) in [5, 5.41) is 0. The minimum absolute atomic E-state index is 0.185. The van der Waals surface area contributed by atoms with Crippen molar-refractivity contribution in [3.63, 3.8) is 0 Å². The highest BCUT2D eigenvalue weighted by Gasteiger charge is 2.32. The lowest BCUT2D eigenvalue weighted by Gasteiger charge is -2.39. The van der Waals surface area contributed by atoms with Crippen LogP contribution in [0.25, 0.3) is 0 Å². The van der Waals surface area contributed by atoms with Crippen molar-refractivity contribution in [2.24, 2.45) is 0 Å². The van der Waals surface area contributed by atoms with E-state index in [1.807, 2.05) is 0 Å². The summed E-state index contributed by atoms with van der Waals surface area (Å²) in [5.41, 5.74) is -0.758. The third kappa shape index (κ3) is 3.14. The summed E-state index contributed by atoms with van der Waals surface area (Å²) in [4.78, 5) is 1.77. The number of hydrogen-bond acceptors (Lipinski definition) is 1. The van der Waals surface area contributed by atoms with Gasteiger partial charge >= 0.3 is 6.18 Å². The summed E-state index contributed by atoms with van der Waals surface area (Å²) in [6.45, 7) is 0.439. The third-order valence-electron chi connectivity index (χ3n) is 3.43. The molecule has 1 aromatic carbocycles. The molecule has 1 aromatic rings. The first-order valence-corrected chi connectivity index (χ1v) is 6.66. The van der Waals surface area contributed by atoms with Crippen LogP contribution in [0.15, 0.2) is 18.2 Å². The van der Waals surface area contributed by atoms with E-state index in [0.29, 0.717) is 18.5 Å². The molecule has 0 spiro atoms. The Hall–Kier alpha value is -0.970. The van der Waals surface area contributed by atoms with Gasteiger partial charge in [-0.1, -0.05) is 0 Å². The van der Waals surface area contributed by atoms with Gasteiger partial charge in [0.15, 0.2) is 0 Å². The van der Waals surface area contributed by atoms with Crippen molar-refractivity contribution in [3.05, 3.63) is 29.6 Å². The molecule has 0 saturated heterocycles. The Labute approximate surface area is 114 Å². The smallest absolute Gasteiger partial charge is 0.365 e. The molecule has 1 aliphatic carbocycles. The quantitative estimate of drug-likeness (QED) is 0.586. The average molecular weight is 296 g/mol. The lowest BCUT2D eigenvalue weighted by atomic mass is 9.91. The Bertz CT molecular complexity index is 443. The van der Waals surface area contributed by atoms with Crippen LogP contribution in [0.2, 0.25) is 0 Å². The monoisotopic (exact) mass is 295 g/mol. The number of halogens is 5. The van der Waals surface area contributed by atoms with Crippen molar-refractivity contribution in [1.82, 2.24) is 0 Å². The predicted molar refractivity (Wildman–Crippen MR) is 67.1 cm³/mol. The highest BCUT2D eigenvalue weighted by molar-refractivity contribution is 6.18. The van der Waals surface area contributed by atoms with E-state index in [1.54, 1.807) is 4.90 Å². The number of alkyl halides is 4. The van der Waals surface area contributed by atoms with Gasteiger partial charge in [-0.2, -0.15) is 13.2 Å². The van der Waals surface area contributed by atoms with Crippen molar-refractivity contribution < 1.29 is 17.6 Å². The molecule has 0 amide bonds. The van der Waals surface area contributed by atoms with Crippen molar-refractivity contribution in [3.8, 4) is 0 Å². The molecule has 19 heavy (non-hydrogen) atoms. The van der Waals surface area contributed by atoms with Gasteiger partial charge < -0.3 is 4.90 Å². The second-order valence-corrected chi connectivity index (χ2v) is 5.01. The normalized spacial score (nSPS) is 16.3. The Kier molecular flexibility index (Phi) is 4.23. The van der Waals surface area contributed by atoms with E-state index in [1.165, 1.54) is 6.07 Å².